The highest BCUT2D eigenvalue weighted by Gasteiger charge is 2.33. The summed E-state index contributed by atoms with van der Waals surface area (Å²) in [4.78, 5) is 26.5. The standard InChI is InChI=1S/C16H16FN5OS/c1-18-16-21-12(8-24-16)15(23)22-6-2-3-13(22)14-19-10-5-4-9(17)7-11(10)20-14/h4-5,7-8,13H,2-3,6H2,1H3,(H,18,21)(H,19,20)/t13-/m1/s1. The predicted octanol–water partition coefficient (Wildman–Crippen LogP) is 3.18. The Balaban J connectivity index is 1.64. The second-order valence-electron chi connectivity index (χ2n) is 5.73. The summed E-state index contributed by atoms with van der Waals surface area (Å²) in [6.45, 7) is 0.668. The van der Waals surface area contributed by atoms with Crippen molar-refractivity contribution < 1.29 is 9.18 Å². The number of hydrogen-bond donors (Lipinski definition) is 2. The van der Waals surface area contributed by atoms with Crippen LogP contribution in [0.3, 0.4) is 0 Å². The van der Waals surface area contributed by atoms with E-state index in [9.17, 15) is 9.18 Å². The average molecular weight is 345 g/mol. The summed E-state index contributed by atoms with van der Waals surface area (Å²) in [6.07, 6.45) is 1.74. The molecule has 1 aromatic carbocycles. The Morgan fingerprint density at radius 1 is 1.46 bits per heavy atom. The van der Waals surface area contributed by atoms with E-state index in [0.29, 0.717) is 34.2 Å². The molecule has 0 unspecified atom stereocenters. The van der Waals surface area contributed by atoms with E-state index in [2.05, 4.69) is 20.3 Å². The summed E-state index contributed by atoms with van der Waals surface area (Å²) in [5.74, 6) is 0.298. The van der Waals surface area contributed by atoms with E-state index in [1.165, 1.54) is 23.5 Å². The van der Waals surface area contributed by atoms with E-state index < -0.39 is 0 Å². The lowest BCUT2D eigenvalue weighted by Crippen LogP contribution is -2.31. The van der Waals surface area contributed by atoms with E-state index in [-0.39, 0.29) is 17.8 Å². The maximum Gasteiger partial charge on any atom is 0.274 e. The molecule has 2 aromatic heterocycles. The second-order valence-corrected chi connectivity index (χ2v) is 6.59. The Morgan fingerprint density at radius 3 is 3.12 bits per heavy atom. The van der Waals surface area contributed by atoms with Gasteiger partial charge >= 0.3 is 0 Å². The Kier molecular flexibility index (Phi) is 3.68. The topological polar surface area (TPSA) is 73.9 Å². The molecule has 0 bridgehead atoms. The number of fused-ring (bicyclic) bond motifs is 1. The van der Waals surface area contributed by atoms with Gasteiger partial charge in [0.05, 0.1) is 17.1 Å². The molecule has 1 atom stereocenters. The number of carbonyl (C=O) groups is 1. The van der Waals surface area contributed by atoms with Crippen LogP contribution in [-0.4, -0.2) is 39.4 Å². The van der Waals surface area contributed by atoms with E-state index in [4.69, 9.17) is 0 Å². The van der Waals surface area contributed by atoms with Gasteiger partial charge in [0.15, 0.2) is 5.13 Å². The molecular formula is C16H16FN5OS. The number of aromatic nitrogens is 3. The summed E-state index contributed by atoms with van der Waals surface area (Å²) in [7, 11) is 1.78. The van der Waals surface area contributed by atoms with Gasteiger partial charge in [0.2, 0.25) is 0 Å². The van der Waals surface area contributed by atoms with E-state index in [0.717, 1.165) is 12.8 Å². The Morgan fingerprint density at radius 2 is 2.33 bits per heavy atom. The summed E-state index contributed by atoms with van der Waals surface area (Å²) in [5.41, 5.74) is 1.80. The largest absolute Gasteiger partial charge is 0.365 e. The molecule has 0 spiro atoms. The van der Waals surface area contributed by atoms with Gasteiger partial charge < -0.3 is 15.2 Å². The van der Waals surface area contributed by atoms with Crippen LogP contribution >= 0.6 is 11.3 Å². The predicted molar refractivity (Wildman–Crippen MR) is 90.7 cm³/mol. The number of aromatic amines is 1. The number of anilines is 1. The van der Waals surface area contributed by atoms with Crippen molar-refractivity contribution in [2.45, 2.75) is 18.9 Å². The van der Waals surface area contributed by atoms with Gasteiger partial charge in [-0.15, -0.1) is 11.3 Å². The number of nitrogens with one attached hydrogen (secondary N) is 2. The molecule has 8 heteroatoms. The zero-order valence-corrected chi connectivity index (χ0v) is 13.9. The molecule has 1 aliphatic rings. The van der Waals surface area contributed by atoms with Crippen molar-refractivity contribution in [1.29, 1.82) is 0 Å². The fraction of sp³-hybridized carbons (Fsp3) is 0.312. The van der Waals surface area contributed by atoms with Gasteiger partial charge in [0, 0.05) is 19.0 Å². The average Bonchev–Trinajstić information content (AvgIpc) is 3.31. The van der Waals surface area contributed by atoms with Crippen LogP contribution in [0.25, 0.3) is 11.0 Å². The van der Waals surface area contributed by atoms with E-state index in [1.54, 1.807) is 23.4 Å². The molecule has 1 saturated heterocycles. The lowest BCUT2D eigenvalue weighted by Gasteiger charge is -2.22. The molecule has 24 heavy (non-hydrogen) atoms. The Labute approximate surface area is 141 Å². The van der Waals surface area contributed by atoms with Crippen molar-refractivity contribution in [2.24, 2.45) is 0 Å². The first-order chi connectivity index (χ1) is 11.7. The number of amides is 1. The third-order valence-corrected chi connectivity index (χ3v) is 5.09. The minimum absolute atomic E-state index is 0.0955. The number of benzene rings is 1. The SMILES string of the molecule is CNc1nc(C(=O)N2CCC[C@@H]2c2nc3ccc(F)cc3[nH]2)cs1. The number of halogens is 1. The number of H-pyrrole nitrogens is 1. The van der Waals surface area contributed by atoms with Crippen molar-refractivity contribution >= 4 is 33.4 Å². The fourth-order valence-electron chi connectivity index (χ4n) is 3.09. The highest BCUT2D eigenvalue weighted by atomic mass is 32.1. The summed E-state index contributed by atoms with van der Waals surface area (Å²) in [6, 6.07) is 4.32. The zero-order chi connectivity index (χ0) is 16.7. The van der Waals surface area contributed by atoms with Gasteiger partial charge in [0.25, 0.3) is 5.91 Å². The first-order valence-corrected chi connectivity index (χ1v) is 8.63. The van der Waals surface area contributed by atoms with Gasteiger partial charge in [-0.3, -0.25) is 4.79 Å². The van der Waals surface area contributed by atoms with Crippen LogP contribution < -0.4 is 5.32 Å². The molecule has 3 aromatic rings. The molecular weight excluding hydrogens is 329 g/mol. The maximum atomic E-state index is 13.4. The van der Waals surface area contributed by atoms with Crippen LogP contribution in [0.15, 0.2) is 23.6 Å². The monoisotopic (exact) mass is 345 g/mol. The number of carbonyl (C=O) groups excluding carboxylic acids is 1. The van der Waals surface area contributed by atoms with Crippen molar-refractivity contribution in [3.05, 3.63) is 40.9 Å². The van der Waals surface area contributed by atoms with E-state index in [1.807, 2.05) is 0 Å². The Bertz CT molecular complexity index is 905. The molecule has 6 nitrogen and oxygen atoms in total. The number of imidazole rings is 1. The van der Waals surface area contributed by atoms with Crippen LogP contribution in [0.4, 0.5) is 9.52 Å². The van der Waals surface area contributed by atoms with Crippen molar-refractivity contribution in [1.82, 2.24) is 19.9 Å². The number of rotatable bonds is 3. The first-order valence-electron chi connectivity index (χ1n) is 7.75. The fourth-order valence-corrected chi connectivity index (χ4v) is 3.73. The summed E-state index contributed by atoms with van der Waals surface area (Å²) in [5, 5.41) is 5.42. The van der Waals surface area contributed by atoms with Crippen molar-refractivity contribution in [3.8, 4) is 0 Å². The number of nitrogens with zero attached hydrogens (tertiary/aromatic N) is 3. The van der Waals surface area contributed by atoms with Crippen LogP contribution in [-0.2, 0) is 0 Å². The zero-order valence-electron chi connectivity index (χ0n) is 13.0. The first kappa shape index (κ1) is 15.1. The smallest absolute Gasteiger partial charge is 0.274 e. The molecule has 1 fully saturated rings. The molecule has 0 radical (unpaired) electrons. The highest BCUT2D eigenvalue weighted by molar-refractivity contribution is 7.13. The van der Waals surface area contributed by atoms with Crippen LogP contribution in [0.2, 0.25) is 0 Å². The maximum absolute atomic E-state index is 13.4. The highest BCUT2D eigenvalue weighted by Crippen LogP contribution is 2.33. The lowest BCUT2D eigenvalue weighted by molar-refractivity contribution is 0.0725. The van der Waals surface area contributed by atoms with Gasteiger partial charge in [-0.25, -0.2) is 14.4 Å². The summed E-state index contributed by atoms with van der Waals surface area (Å²) >= 11 is 1.40. The van der Waals surface area contributed by atoms with E-state index >= 15 is 0 Å². The molecule has 124 valence electrons. The van der Waals surface area contributed by atoms with Crippen LogP contribution in [0, 0.1) is 5.82 Å². The molecule has 1 amide bonds. The number of likely N-dealkylation sites (tertiary alicyclic amines) is 1. The molecule has 0 aliphatic carbocycles. The number of hydrogen-bond acceptors (Lipinski definition) is 5. The molecule has 1 aliphatic heterocycles. The van der Waals surface area contributed by atoms with Gasteiger partial charge in [-0.1, -0.05) is 0 Å². The minimum Gasteiger partial charge on any atom is -0.365 e. The van der Waals surface area contributed by atoms with Crippen LogP contribution in [0.1, 0.15) is 35.2 Å². The molecule has 3 heterocycles. The molecule has 0 saturated carbocycles. The van der Waals surface area contributed by atoms with Crippen molar-refractivity contribution in [3.63, 3.8) is 0 Å². The van der Waals surface area contributed by atoms with Crippen LogP contribution in [0.5, 0.6) is 0 Å². The third kappa shape index (κ3) is 2.52. The van der Waals surface area contributed by atoms with Gasteiger partial charge in [0.1, 0.15) is 17.3 Å². The van der Waals surface area contributed by atoms with Gasteiger partial charge in [-0.05, 0) is 31.0 Å². The number of thiazole rings is 1. The minimum atomic E-state index is -0.306. The normalized spacial score (nSPS) is 17.6. The summed E-state index contributed by atoms with van der Waals surface area (Å²) < 4.78 is 13.4. The quantitative estimate of drug-likeness (QED) is 0.765. The van der Waals surface area contributed by atoms with Crippen molar-refractivity contribution in [2.75, 3.05) is 18.9 Å². The molecule has 2 N–H and O–H groups in total. The van der Waals surface area contributed by atoms with Gasteiger partial charge in [-0.2, -0.15) is 0 Å². The molecule has 4 rings (SSSR count). The Hall–Kier alpha value is -2.48. The lowest BCUT2D eigenvalue weighted by atomic mass is 10.2. The third-order valence-electron chi connectivity index (χ3n) is 4.23. The second kappa shape index (κ2) is 5.86.